The van der Waals surface area contributed by atoms with E-state index in [1.165, 1.54) is 12.1 Å². The number of benzene rings is 1. The predicted molar refractivity (Wildman–Crippen MR) is 72.4 cm³/mol. The maximum Gasteiger partial charge on any atom is 0.222 e. The van der Waals surface area contributed by atoms with E-state index in [-0.39, 0.29) is 24.4 Å². The Labute approximate surface area is 117 Å². The standard InChI is InChI=1S/C15H20FNO3/c16-12-6-2-1-5-11(12)13(18)10-17-14(19)9-15(20)7-3-4-8-15/h1-2,5-6,13,18,20H,3-4,7-10H2,(H,17,19). The smallest absolute Gasteiger partial charge is 0.222 e. The van der Waals surface area contributed by atoms with Crippen LogP contribution in [-0.2, 0) is 4.79 Å². The van der Waals surface area contributed by atoms with Crippen LogP contribution in [0.1, 0.15) is 43.8 Å². The van der Waals surface area contributed by atoms with Crippen molar-refractivity contribution in [2.75, 3.05) is 6.54 Å². The van der Waals surface area contributed by atoms with Crippen molar-refractivity contribution in [3.05, 3.63) is 35.6 Å². The minimum atomic E-state index is -1.08. The fraction of sp³-hybridized carbons (Fsp3) is 0.533. The third-order valence-electron chi connectivity index (χ3n) is 3.78. The Balaban J connectivity index is 1.83. The van der Waals surface area contributed by atoms with E-state index < -0.39 is 17.5 Å². The number of amides is 1. The molecule has 0 aliphatic heterocycles. The van der Waals surface area contributed by atoms with E-state index in [2.05, 4.69) is 5.32 Å². The molecule has 1 fully saturated rings. The Kier molecular flexibility index (Phi) is 4.73. The highest BCUT2D eigenvalue weighted by molar-refractivity contribution is 5.77. The Hall–Kier alpha value is -1.46. The van der Waals surface area contributed by atoms with Crippen LogP contribution < -0.4 is 5.32 Å². The van der Waals surface area contributed by atoms with Gasteiger partial charge in [0.15, 0.2) is 0 Å². The molecule has 1 aromatic rings. The van der Waals surface area contributed by atoms with Gasteiger partial charge in [-0.1, -0.05) is 31.0 Å². The first-order chi connectivity index (χ1) is 9.50. The molecule has 1 atom stereocenters. The maximum atomic E-state index is 13.4. The number of aliphatic hydroxyl groups excluding tert-OH is 1. The van der Waals surface area contributed by atoms with Crippen LogP contribution in [0.3, 0.4) is 0 Å². The topological polar surface area (TPSA) is 69.6 Å². The van der Waals surface area contributed by atoms with Crippen LogP contribution in [-0.4, -0.2) is 28.3 Å². The second-order valence-corrected chi connectivity index (χ2v) is 5.45. The second-order valence-electron chi connectivity index (χ2n) is 5.45. The molecule has 0 saturated heterocycles. The minimum absolute atomic E-state index is 0.0387. The predicted octanol–water partition coefficient (Wildman–Crippen LogP) is 1.67. The van der Waals surface area contributed by atoms with Crippen LogP contribution in [0.25, 0.3) is 0 Å². The van der Waals surface area contributed by atoms with Crippen LogP contribution >= 0.6 is 0 Å². The zero-order chi connectivity index (χ0) is 14.6. The molecule has 1 aliphatic carbocycles. The molecule has 2 rings (SSSR count). The van der Waals surface area contributed by atoms with Crippen LogP contribution in [0.15, 0.2) is 24.3 Å². The fourth-order valence-corrected chi connectivity index (χ4v) is 2.64. The van der Waals surface area contributed by atoms with Crippen molar-refractivity contribution < 1.29 is 19.4 Å². The Bertz CT molecular complexity index is 472. The molecule has 0 aromatic heterocycles. The van der Waals surface area contributed by atoms with Gasteiger partial charge in [-0.3, -0.25) is 4.79 Å². The molecule has 0 heterocycles. The summed E-state index contributed by atoms with van der Waals surface area (Å²) in [6.07, 6.45) is 2.09. The molecule has 1 aliphatic rings. The molecular weight excluding hydrogens is 261 g/mol. The minimum Gasteiger partial charge on any atom is -0.389 e. The van der Waals surface area contributed by atoms with E-state index in [0.717, 1.165) is 12.8 Å². The SMILES string of the molecule is O=C(CC1(O)CCCC1)NCC(O)c1ccccc1F. The van der Waals surface area contributed by atoms with Gasteiger partial charge >= 0.3 is 0 Å². The number of carbonyl (C=O) groups is 1. The number of rotatable bonds is 5. The lowest BCUT2D eigenvalue weighted by Crippen LogP contribution is -2.36. The van der Waals surface area contributed by atoms with E-state index >= 15 is 0 Å². The number of aliphatic hydroxyl groups is 2. The van der Waals surface area contributed by atoms with E-state index in [1.54, 1.807) is 12.1 Å². The average Bonchev–Trinajstić information content (AvgIpc) is 2.83. The van der Waals surface area contributed by atoms with Gasteiger partial charge in [0.25, 0.3) is 0 Å². The van der Waals surface area contributed by atoms with Crippen molar-refractivity contribution in [1.29, 1.82) is 0 Å². The van der Waals surface area contributed by atoms with Crippen molar-refractivity contribution in [3.8, 4) is 0 Å². The highest BCUT2D eigenvalue weighted by Crippen LogP contribution is 2.32. The van der Waals surface area contributed by atoms with Gasteiger partial charge in [-0.2, -0.15) is 0 Å². The van der Waals surface area contributed by atoms with Gasteiger partial charge in [0.05, 0.1) is 18.1 Å². The summed E-state index contributed by atoms with van der Waals surface area (Å²) >= 11 is 0. The third kappa shape index (κ3) is 3.77. The average molecular weight is 281 g/mol. The summed E-state index contributed by atoms with van der Waals surface area (Å²) in [7, 11) is 0. The lowest BCUT2D eigenvalue weighted by Gasteiger charge is -2.21. The second kappa shape index (κ2) is 6.33. The molecule has 1 unspecified atom stereocenters. The van der Waals surface area contributed by atoms with E-state index in [4.69, 9.17) is 0 Å². The highest BCUT2D eigenvalue weighted by atomic mass is 19.1. The van der Waals surface area contributed by atoms with Gasteiger partial charge in [0, 0.05) is 12.1 Å². The normalized spacial score (nSPS) is 18.8. The molecule has 1 saturated carbocycles. The van der Waals surface area contributed by atoms with Crippen LogP contribution in [0.5, 0.6) is 0 Å². The zero-order valence-corrected chi connectivity index (χ0v) is 11.3. The van der Waals surface area contributed by atoms with Gasteiger partial charge < -0.3 is 15.5 Å². The Morgan fingerprint density at radius 1 is 1.35 bits per heavy atom. The molecule has 4 nitrogen and oxygen atoms in total. The number of hydrogen-bond donors (Lipinski definition) is 3. The largest absolute Gasteiger partial charge is 0.389 e. The maximum absolute atomic E-state index is 13.4. The van der Waals surface area contributed by atoms with E-state index in [9.17, 15) is 19.4 Å². The molecule has 3 N–H and O–H groups in total. The Morgan fingerprint density at radius 3 is 2.65 bits per heavy atom. The first-order valence-electron chi connectivity index (χ1n) is 6.92. The van der Waals surface area contributed by atoms with E-state index in [0.29, 0.717) is 12.8 Å². The molecule has 0 bridgehead atoms. The molecule has 1 amide bonds. The van der Waals surface area contributed by atoms with Crippen LogP contribution in [0, 0.1) is 5.82 Å². The van der Waals surface area contributed by atoms with Crippen molar-refractivity contribution in [3.63, 3.8) is 0 Å². The summed E-state index contributed by atoms with van der Waals surface area (Å²) in [6.45, 7) is -0.0597. The molecule has 1 aromatic carbocycles. The van der Waals surface area contributed by atoms with Crippen molar-refractivity contribution in [2.24, 2.45) is 0 Å². The first-order valence-corrected chi connectivity index (χ1v) is 6.92. The third-order valence-corrected chi connectivity index (χ3v) is 3.78. The molecule has 20 heavy (non-hydrogen) atoms. The van der Waals surface area contributed by atoms with Crippen molar-refractivity contribution in [2.45, 2.75) is 43.8 Å². The summed E-state index contributed by atoms with van der Waals surface area (Å²) in [5.74, 6) is -0.812. The summed E-state index contributed by atoms with van der Waals surface area (Å²) in [5.41, 5.74) is -0.750. The van der Waals surface area contributed by atoms with E-state index in [1.807, 2.05) is 0 Å². The fourth-order valence-electron chi connectivity index (χ4n) is 2.64. The monoisotopic (exact) mass is 281 g/mol. The van der Waals surface area contributed by atoms with Crippen LogP contribution in [0.2, 0.25) is 0 Å². The molecule has 110 valence electrons. The van der Waals surface area contributed by atoms with Crippen molar-refractivity contribution in [1.82, 2.24) is 5.32 Å². The van der Waals surface area contributed by atoms with Gasteiger partial charge in [-0.05, 0) is 18.9 Å². The Morgan fingerprint density at radius 2 is 2.00 bits per heavy atom. The number of hydrogen-bond acceptors (Lipinski definition) is 3. The van der Waals surface area contributed by atoms with Gasteiger partial charge in [0.2, 0.25) is 5.91 Å². The first kappa shape index (κ1) is 14.9. The summed E-state index contributed by atoms with van der Waals surface area (Å²) < 4.78 is 13.4. The lowest BCUT2D eigenvalue weighted by molar-refractivity contribution is -0.126. The number of carbonyl (C=O) groups excluding carboxylic acids is 1. The van der Waals surface area contributed by atoms with Crippen LogP contribution in [0.4, 0.5) is 4.39 Å². The van der Waals surface area contributed by atoms with Gasteiger partial charge in [0.1, 0.15) is 5.82 Å². The number of halogens is 1. The summed E-state index contributed by atoms with van der Waals surface area (Å²) in [5, 5.41) is 22.5. The molecule has 0 radical (unpaired) electrons. The lowest BCUT2D eigenvalue weighted by atomic mass is 9.97. The highest BCUT2D eigenvalue weighted by Gasteiger charge is 2.33. The molecule has 0 spiro atoms. The van der Waals surface area contributed by atoms with Gasteiger partial charge in [-0.15, -0.1) is 0 Å². The zero-order valence-electron chi connectivity index (χ0n) is 11.3. The quantitative estimate of drug-likeness (QED) is 0.769. The summed E-state index contributed by atoms with van der Waals surface area (Å²) in [6, 6.07) is 5.92. The van der Waals surface area contributed by atoms with Gasteiger partial charge in [-0.25, -0.2) is 4.39 Å². The number of nitrogens with one attached hydrogen (secondary N) is 1. The molecular formula is C15H20FNO3. The van der Waals surface area contributed by atoms with Crippen molar-refractivity contribution >= 4 is 5.91 Å². The molecule has 5 heteroatoms. The summed E-state index contributed by atoms with van der Waals surface area (Å²) in [4.78, 5) is 11.7.